The third-order valence-electron chi connectivity index (χ3n) is 6.01. The van der Waals surface area contributed by atoms with Crippen LogP contribution in [0.4, 0.5) is 0 Å². The lowest BCUT2D eigenvalue weighted by Gasteiger charge is -2.31. The Morgan fingerprint density at radius 1 is 0.914 bits per heavy atom. The van der Waals surface area contributed by atoms with E-state index in [1.165, 1.54) is 11.9 Å². The molecule has 0 unspecified atom stereocenters. The molecule has 3 aromatic carbocycles. The molecule has 0 spiro atoms. The number of fused-ring (bicyclic) bond motifs is 1. The summed E-state index contributed by atoms with van der Waals surface area (Å²) in [5.41, 5.74) is 1.04. The van der Waals surface area contributed by atoms with E-state index in [0.29, 0.717) is 25.9 Å². The zero-order valence-electron chi connectivity index (χ0n) is 20.5. The average molecular weight is 496 g/mol. The number of carbonyl (C=O) groups is 2. The molecule has 8 heteroatoms. The van der Waals surface area contributed by atoms with Crippen LogP contribution in [-0.2, 0) is 26.0 Å². The van der Waals surface area contributed by atoms with Crippen LogP contribution in [0.1, 0.15) is 25.8 Å². The minimum absolute atomic E-state index is 0.123. The van der Waals surface area contributed by atoms with Crippen LogP contribution >= 0.6 is 0 Å². The zero-order chi connectivity index (χ0) is 25.4. The van der Waals surface area contributed by atoms with Gasteiger partial charge in [0.05, 0.1) is 11.4 Å². The van der Waals surface area contributed by atoms with Crippen molar-refractivity contribution in [2.75, 3.05) is 26.7 Å². The standard InChI is InChI=1S/C27H33N3O4S/c1-4-25(27(32)28-5-2)30(18-17-21-11-7-6-8-12-21)26(31)20-29(3)35(33,34)24-16-15-22-13-9-10-14-23(22)19-24/h6-16,19,25H,4-5,17-18,20H2,1-3H3,(H,28,32)/t25-/m1/s1. The van der Waals surface area contributed by atoms with Crippen molar-refractivity contribution < 1.29 is 18.0 Å². The SMILES string of the molecule is CCNC(=O)[C@@H](CC)N(CCc1ccccc1)C(=O)CN(C)S(=O)(=O)c1ccc2ccccc2c1. The minimum atomic E-state index is -3.90. The van der Waals surface area contributed by atoms with Crippen molar-refractivity contribution in [3.8, 4) is 0 Å². The van der Waals surface area contributed by atoms with Crippen LogP contribution < -0.4 is 5.32 Å². The molecular weight excluding hydrogens is 462 g/mol. The fourth-order valence-corrected chi connectivity index (χ4v) is 5.22. The molecule has 0 saturated carbocycles. The van der Waals surface area contributed by atoms with E-state index in [2.05, 4.69) is 5.32 Å². The lowest BCUT2D eigenvalue weighted by molar-refractivity contribution is -0.140. The normalized spacial score (nSPS) is 12.5. The molecule has 0 saturated heterocycles. The summed E-state index contributed by atoms with van der Waals surface area (Å²) in [4.78, 5) is 27.8. The molecule has 1 atom stereocenters. The van der Waals surface area contributed by atoms with Crippen LogP contribution in [0.3, 0.4) is 0 Å². The van der Waals surface area contributed by atoms with Crippen molar-refractivity contribution in [3.05, 3.63) is 78.4 Å². The predicted molar refractivity (Wildman–Crippen MR) is 138 cm³/mol. The Kier molecular flexibility index (Phi) is 9.01. The number of carbonyl (C=O) groups excluding carboxylic acids is 2. The highest BCUT2D eigenvalue weighted by molar-refractivity contribution is 7.89. The van der Waals surface area contributed by atoms with Gasteiger partial charge >= 0.3 is 0 Å². The molecule has 3 rings (SSSR count). The molecule has 7 nitrogen and oxygen atoms in total. The Balaban J connectivity index is 1.82. The van der Waals surface area contributed by atoms with Gasteiger partial charge in [-0.1, -0.05) is 67.6 Å². The predicted octanol–water partition coefficient (Wildman–Crippen LogP) is 3.45. The zero-order valence-corrected chi connectivity index (χ0v) is 21.3. The summed E-state index contributed by atoms with van der Waals surface area (Å²) in [7, 11) is -2.51. The monoisotopic (exact) mass is 495 g/mol. The first-order chi connectivity index (χ1) is 16.8. The van der Waals surface area contributed by atoms with Gasteiger partial charge < -0.3 is 10.2 Å². The summed E-state index contributed by atoms with van der Waals surface area (Å²) in [6, 6.07) is 21.4. The average Bonchev–Trinajstić information content (AvgIpc) is 2.86. The number of benzene rings is 3. The lowest BCUT2D eigenvalue weighted by atomic mass is 10.1. The van der Waals surface area contributed by atoms with Crippen molar-refractivity contribution in [1.29, 1.82) is 0 Å². The first-order valence-corrected chi connectivity index (χ1v) is 13.3. The quantitative estimate of drug-likeness (QED) is 0.442. The van der Waals surface area contributed by atoms with Gasteiger partial charge in [0.2, 0.25) is 21.8 Å². The van der Waals surface area contributed by atoms with E-state index >= 15 is 0 Å². The number of amides is 2. The van der Waals surface area contributed by atoms with E-state index in [9.17, 15) is 18.0 Å². The number of rotatable bonds is 11. The van der Waals surface area contributed by atoms with E-state index in [1.807, 2.05) is 68.4 Å². The number of likely N-dealkylation sites (N-methyl/N-ethyl adjacent to an activating group) is 2. The Morgan fingerprint density at radius 3 is 2.23 bits per heavy atom. The van der Waals surface area contributed by atoms with Crippen molar-refractivity contribution in [3.63, 3.8) is 0 Å². The fraction of sp³-hybridized carbons (Fsp3) is 0.333. The molecule has 0 aliphatic carbocycles. The molecule has 2 amide bonds. The largest absolute Gasteiger partial charge is 0.355 e. The molecule has 35 heavy (non-hydrogen) atoms. The molecule has 1 N–H and O–H groups in total. The molecule has 0 fully saturated rings. The molecule has 0 aliphatic heterocycles. The molecule has 3 aromatic rings. The second-order valence-electron chi connectivity index (χ2n) is 8.41. The van der Waals surface area contributed by atoms with Crippen LogP contribution in [0.25, 0.3) is 10.8 Å². The van der Waals surface area contributed by atoms with E-state index in [0.717, 1.165) is 20.6 Å². The molecule has 186 valence electrons. The summed E-state index contributed by atoms with van der Waals surface area (Å²) >= 11 is 0. The van der Waals surface area contributed by atoms with Crippen molar-refractivity contribution in [2.45, 2.75) is 37.6 Å². The van der Waals surface area contributed by atoms with Gasteiger partial charge in [-0.05, 0) is 48.2 Å². The number of hydrogen-bond acceptors (Lipinski definition) is 4. The van der Waals surface area contributed by atoms with Gasteiger partial charge in [-0.3, -0.25) is 9.59 Å². The Morgan fingerprint density at radius 2 is 1.57 bits per heavy atom. The van der Waals surface area contributed by atoms with Crippen LogP contribution in [-0.4, -0.2) is 62.2 Å². The van der Waals surface area contributed by atoms with E-state index < -0.39 is 22.0 Å². The van der Waals surface area contributed by atoms with Crippen molar-refractivity contribution >= 4 is 32.6 Å². The molecular formula is C27H33N3O4S. The summed E-state index contributed by atoms with van der Waals surface area (Å²) in [5.74, 6) is -0.651. The van der Waals surface area contributed by atoms with Gasteiger partial charge in [0.15, 0.2) is 0 Å². The summed E-state index contributed by atoms with van der Waals surface area (Å²) in [6.45, 7) is 4.07. The maximum absolute atomic E-state index is 13.4. The molecule has 0 aliphatic rings. The fourth-order valence-electron chi connectivity index (χ4n) is 4.06. The van der Waals surface area contributed by atoms with Gasteiger partial charge in [-0.2, -0.15) is 4.31 Å². The Bertz CT molecular complexity index is 1260. The third-order valence-corrected chi connectivity index (χ3v) is 7.81. The second kappa shape index (κ2) is 12.0. The summed E-state index contributed by atoms with van der Waals surface area (Å²) < 4.78 is 27.6. The van der Waals surface area contributed by atoms with Crippen LogP contribution in [0.5, 0.6) is 0 Å². The first kappa shape index (κ1) is 26.4. The first-order valence-electron chi connectivity index (χ1n) is 11.8. The maximum atomic E-state index is 13.4. The third kappa shape index (κ3) is 6.46. The van der Waals surface area contributed by atoms with Gasteiger partial charge in [-0.15, -0.1) is 0 Å². The smallest absolute Gasteiger partial charge is 0.243 e. The number of nitrogens with one attached hydrogen (secondary N) is 1. The van der Waals surface area contributed by atoms with Gasteiger partial charge in [-0.25, -0.2) is 8.42 Å². The van der Waals surface area contributed by atoms with Crippen molar-refractivity contribution in [1.82, 2.24) is 14.5 Å². The minimum Gasteiger partial charge on any atom is -0.355 e. The molecule has 0 bridgehead atoms. The highest BCUT2D eigenvalue weighted by Crippen LogP contribution is 2.21. The molecule has 0 heterocycles. The molecule has 0 radical (unpaired) electrons. The Hall–Kier alpha value is -3.23. The number of nitrogens with zero attached hydrogens (tertiary/aromatic N) is 2. The number of hydrogen-bond donors (Lipinski definition) is 1. The Labute approximate surface area is 207 Å². The summed E-state index contributed by atoms with van der Waals surface area (Å²) in [5, 5.41) is 4.53. The molecule has 0 aromatic heterocycles. The van der Waals surface area contributed by atoms with E-state index in [1.54, 1.807) is 18.2 Å². The van der Waals surface area contributed by atoms with Crippen LogP contribution in [0.2, 0.25) is 0 Å². The number of sulfonamides is 1. The van der Waals surface area contributed by atoms with Crippen molar-refractivity contribution in [2.24, 2.45) is 0 Å². The lowest BCUT2D eigenvalue weighted by Crippen LogP contribution is -2.52. The van der Waals surface area contributed by atoms with E-state index in [4.69, 9.17) is 0 Å². The van der Waals surface area contributed by atoms with Gasteiger partial charge in [0.1, 0.15) is 6.04 Å². The maximum Gasteiger partial charge on any atom is 0.243 e. The van der Waals surface area contributed by atoms with Gasteiger partial charge in [0.25, 0.3) is 0 Å². The topological polar surface area (TPSA) is 86.8 Å². The van der Waals surface area contributed by atoms with E-state index in [-0.39, 0.29) is 17.3 Å². The summed E-state index contributed by atoms with van der Waals surface area (Å²) in [6.07, 6.45) is 0.983. The highest BCUT2D eigenvalue weighted by Gasteiger charge is 2.31. The van der Waals surface area contributed by atoms with Crippen LogP contribution in [0, 0.1) is 0 Å². The van der Waals surface area contributed by atoms with Gasteiger partial charge in [0, 0.05) is 20.1 Å². The highest BCUT2D eigenvalue weighted by atomic mass is 32.2. The van der Waals surface area contributed by atoms with Crippen LogP contribution in [0.15, 0.2) is 77.7 Å². The second-order valence-corrected chi connectivity index (χ2v) is 10.5.